The Hall–Kier alpha value is -1.31. The molecule has 1 aliphatic heterocycles. The van der Waals surface area contributed by atoms with E-state index < -0.39 is 0 Å². The minimum atomic E-state index is 0.778. The molecule has 18 heavy (non-hydrogen) atoms. The maximum absolute atomic E-state index is 10.9. The summed E-state index contributed by atoms with van der Waals surface area (Å²) in [4.78, 5) is 13.3. The van der Waals surface area contributed by atoms with Crippen molar-refractivity contribution in [3.8, 4) is 0 Å². The van der Waals surface area contributed by atoms with E-state index in [4.69, 9.17) is 0 Å². The molecule has 1 saturated heterocycles. The monoisotopic (exact) mass is 245 g/mol. The fraction of sp³-hybridized carbons (Fsp3) is 0.562. The molecule has 1 atom stereocenters. The highest BCUT2D eigenvalue weighted by Gasteiger charge is 2.18. The molecule has 2 rings (SSSR count). The first kappa shape index (κ1) is 13.1. The Labute approximate surface area is 110 Å². The lowest BCUT2D eigenvalue weighted by molar-refractivity contribution is 0.112. The molecule has 2 nitrogen and oxygen atoms in total. The lowest BCUT2D eigenvalue weighted by atomic mass is 9.96. The predicted molar refractivity (Wildman–Crippen MR) is 76.4 cm³/mol. The Balaban J connectivity index is 2.14. The van der Waals surface area contributed by atoms with Crippen LogP contribution in [0.5, 0.6) is 0 Å². The third-order valence-corrected chi connectivity index (χ3v) is 4.05. The summed E-state index contributed by atoms with van der Waals surface area (Å²) in [6.07, 6.45) is 5.82. The number of nitrogens with zero attached hydrogens (tertiary/aromatic N) is 1. The van der Waals surface area contributed by atoms with Crippen LogP contribution in [-0.4, -0.2) is 19.4 Å². The molecule has 2 heteroatoms. The largest absolute Gasteiger partial charge is 0.371 e. The van der Waals surface area contributed by atoms with Crippen molar-refractivity contribution < 1.29 is 4.79 Å². The van der Waals surface area contributed by atoms with Gasteiger partial charge in [-0.2, -0.15) is 0 Å². The normalized spacial score (nSPS) is 16.2. The first-order valence-electron chi connectivity index (χ1n) is 7.07. The summed E-state index contributed by atoms with van der Waals surface area (Å²) in [5.41, 5.74) is 3.49. The molecular weight excluding hydrogens is 222 g/mol. The second kappa shape index (κ2) is 6.03. The smallest absolute Gasteiger partial charge is 0.150 e. The van der Waals surface area contributed by atoms with Crippen molar-refractivity contribution in [2.24, 2.45) is 5.92 Å². The maximum Gasteiger partial charge on any atom is 0.150 e. The number of aldehydes is 1. The molecule has 1 unspecified atom stereocenters. The zero-order valence-corrected chi connectivity index (χ0v) is 11.5. The number of carbonyl (C=O) groups is 1. The van der Waals surface area contributed by atoms with Crippen molar-refractivity contribution in [2.45, 2.75) is 39.5 Å². The highest BCUT2D eigenvalue weighted by atomic mass is 16.1. The number of benzene rings is 1. The summed E-state index contributed by atoms with van der Waals surface area (Å²) in [5, 5.41) is 0. The Kier molecular flexibility index (Phi) is 4.40. The van der Waals surface area contributed by atoms with Crippen molar-refractivity contribution in [3.63, 3.8) is 0 Å². The van der Waals surface area contributed by atoms with E-state index in [-0.39, 0.29) is 0 Å². The van der Waals surface area contributed by atoms with Crippen molar-refractivity contribution in [3.05, 3.63) is 29.3 Å². The van der Waals surface area contributed by atoms with Crippen LogP contribution in [-0.2, 0) is 6.42 Å². The van der Waals surface area contributed by atoms with Gasteiger partial charge in [0.1, 0.15) is 6.29 Å². The lowest BCUT2D eigenvalue weighted by Crippen LogP contribution is -2.37. The SMILES string of the molecule is CCC(C)CCc1ccc(C=O)cc1N1CCC1. The van der Waals surface area contributed by atoms with Gasteiger partial charge in [-0.25, -0.2) is 0 Å². The van der Waals surface area contributed by atoms with Gasteiger partial charge >= 0.3 is 0 Å². The van der Waals surface area contributed by atoms with Gasteiger partial charge in [-0.05, 0) is 36.8 Å². The first-order chi connectivity index (χ1) is 8.74. The van der Waals surface area contributed by atoms with Gasteiger partial charge in [-0.3, -0.25) is 4.79 Å². The molecule has 0 N–H and O–H groups in total. The fourth-order valence-electron chi connectivity index (χ4n) is 2.32. The van der Waals surface area contributed by atoms with Crippen molar-refractivity contribution in [1.29, 1.82) is 0 Å². The second-order valence-electron chi connectivity index (χ2n) is 5.40. The number of carbonyl (C=O) groups excluding carboxylic acids is 1. The Morgan fingerprint density at radius 3 is 2.72 bits per heavy atom. The Morgan fingerprint density at radius 1 is 1.39 bits per heavy atom. The Bertz CT molecular complexity index is 410. The molecule has 1 aromatic carbocycles. The minimum absolute atomic E-state index is 0.778. The van der Waals surface area contributed by atoms with Gasteiger partial charge in [0.2, 0.25) is 0 Å². The molecule has 0 bridgehead atoms. The summed E-state index contributed by atoms with van der Waals surface area (Å²) in [5.74, 6) is 0.778. The van der Waals surface area contributed by atoms with Gasteiger partial charge in [0.15, 0.2) is 0 Å². The summed E-state index contributed by atoms with van der Waals surface area (Å²) < 4.78 is 0. The van der Waals surface area contributed by atoms with Gasteiger partial charge in [-0.15, -0.1) is 0 Å². The molecule has 1 heterocycles. The second-order valence-corrected chi connectivity index (χ2v) is 5.40. The molecular formula is C16H23NO. The molecule has 1 aromatic rings. The van der Waals surface area contributed by atoms with E-state index in [0.717, 1.165) is 37.3 Å². The highest BCUT2D eigenvalue weighted by Crippen LogP contribution is 2.28. The van der Waals surface area contributed by atoms with Gasteiger partial charge in [0, 0.05) is 24.3 Å². The Morgan fingerprint density at radius 2 is 2.17 bits per heavy atom. The van der Waals surface area contributed by atoms with Crippen LogP contribution in [0.4, 0.5) is 5.69 Å². The van der Waals surface area contributed by atoms with E-state index in [2.05, 4.69) is 30.9 Å². The van der Waals surface area contributed by atoms with Crippen LogP contribution in [0.2, 0.25) is 0 Å². The van der Waals surface area contributed by atoms with Crippen LogP contribution in [0.25, 0.3) is 0 Å². The standard InChI is InChI=1S/C16H23NO/c1-3-13(2)5-7-15-8-6-14(12-18)11-16(15)17-9-4-10-17/h6,8,11-13H,3-5,7,9-10H2,1-2H3. The van der Waals surface area contributed by atoms with E-state index in [1.54, 1.807) is 0 Å². The molecule has 0 aliphatic carbocycles. The van der Waals surface area contributed by atoms with Gasteiger partial charge in [0.25, 0.3) is 0 Å². The average Bonchev–Trinajstić information content (AvgIpc) is 2.34. The van der Waals surface area contributed by atoms with Crippen molar-refractivity contribution >= 4 is 12.0 Å². The molecule has 0 amide bonds. The van der Waals surface area contributed by atoms with Crippen LogP contribution in [0.15, 0.2) is 18.2 Å². The van der Waals surface area contributed by atoms with Crippen LogP contribution >= 0.6 is 0 Å². The van der Waals surface area contributed by atoms with Crippen LogP contribution in [0.1, 0.15) is 49.0 Å². The van der Waals surface area contributed by atoms with Crippen LogP contribution < -0.4 is 4.90 Å². The van der Waals surface area contributed by atoms with Gasteiger partial charge < -0.3 is 4.90 Å². The third kappa shape index (κ3) is 2.92. The van der Waals surface area contributed by atoms with Crippen molar-refractivity contribution in [2.75, 3.05) is 18.0 Å². The minimum Gasteiger partial charge on any atom is -0.371 e. The molecule has 0 spiro atoms. The number of hydrogen-bond acceptors (Lipinski definition) is 2. The van der Waals surface area contributed by atoms with Crippen LogP contribution in [0, 0.1) is 5.92 Å². The molecule has 0 aromatic heterocycles. The average molecular weight is 245 g/mol. The first-order valence-corrected chi connectivity index (χ1v) is 7.07. The van der Waals surface area contributed by atoms with E-state index in [1.807, 2.05) is 6.07 Å². The van der Waals surface area contributed by atoms with Gasteiger partial charge in [0.05, 0.1) is 0 Å². The third-order valence-electron chi connectivity index (χ3n) is 4.05. The van der Waals surface area contributed by atoms with Crippen molar-refractivity contribution in [1.82, 2.24) is 0 Å². The lowest BCUT2D eigenvalue weighted by Gasteiger charge is -2.35. The topological polar surface area (TPSA) is 20.3 Å². The number of hydrogen-bond donors (Lipinski definition) is 0. The number of aryl methyl sites for hydroxylation is 1. The zero-order valence-electron chi connectivity index (χ0n) is 11.5. The summed E-state index contributed by atoms with van der Waals surface area (Å²) in [6.45, 7) is 6.83. The van der Waals surface area contributed by atoms with E-state index in [1.165, 1.54) is 30.5 Å². The highest BCUT2D eigenvalue weighted by molar-refractivity contribution is 5.78. The number of rotatable bonds is 6. The number of anilines is 1. The zero-order chi connectivity index (χ0) is 13.0. The molecule has 1 fully saturated rings. The summed E-state index contributed by atoms with van der Waals surface area (Å²) >= 11 is 0. The molecule has 0 radical (unpaired) electrons. The van der Waals surface area contributed by atoms with E-state index in [0.29, 0.717) is 0 Å². The van der Waals surface area contributed by atoms with Gasteiger partial charge in [-0.1, -0.05) is 32.4 Å². The molecule has 1 aliphatic rings. The van der Waals surface area contributed by atoms with E-state index in [9.17, 15) is 4.79 Å². The maximum atomic E-state index is 10.9. The quantitative estimate of drug-likeness (QED) is 0.712. The molecule has 98 valence electrons. The predicted octanol–water partition coefficient (Wildman–Crippen LogP) is 3.69. The fourth-order valence-corrected chi connectivity index (χ4v) is 2.32. The van der Waals surface area contributed by atoms with E-state index >= 15 is 0 Å². The summed E-state index contributed by atoms with van der Waals surface area (Å²) in [6, 6.07) is 6.14. The summed E-state index contributed by atoms with van der Waals surface area (Å²) in [7, 11) is 0. The van der Waals surface area contributed by atoms with Crippen LogP contribution in [0.3, 0.4) is 0 Å². The molecule has 0 saturated carbocycles.